The lowest BCUT2D eigenvalue weighted by Crippen LogP contribution is -2.58. The summed E-state index contributed by atoms with van der Waals surface area (Å²) in [5, 5.41) is 14.3. The fraction of sp³-hybridized carbons (Fsp3) is 0.296. The van der Waals surface area contributed by atoms with Crippen LogP contribution in [0.2, 0.25) is 0 Å². The molecule has 1 aromatic carbocycles. The van der Waals surface area contributed by atoms with Gasteiger partial charge >= 0.3 is 23.0 Å². The summed E-state index contributed by atoms with van der Waals surface area (Å²) in [7, 11) is 0. The van der Waals surface area contributed by atoms with Crippen LogP contribution in [0.5, 0.6) is 0 Å². The standard InChI is InChI=1S/C27H29N9O10/c1-12-7-34(25(44)32-19(12)37)9-15(28)21(39)29-17(11-36-23(41)14-5-3-4-6-16(14)31-27(36)46)22(40)30-18(24(42)43)10-35-8-13(2)20(38)33-26(35)45/h3-8,15,17-18H,9-11,28H2,1-2H3,(H,29,39)(H,30,40)(H,31,46)(H,42,43)(H,32,37,44)(H,33,38,45)/t15-,17-,18-/m1/s1. The topological polar surface area (TPSA) is 286 Å². The number of carboxylic acid groups (broad SMARTS) is 1. The first-order valence-corrected chi connectivity index (χ1v) is 13.6. The largest absolute Gasteiger partial charge is 0.480 e. The molecule has 0 fully saturated rings. The van der Waals surface area contributed by atoms with Gasteiger partial charge in [-0.25, -0.2) is 19.2 Å². The van der Waals surface area contributed by atoms with Gasteiger partial charge in [-0.3, -0.25) is 47.6 Å². The van der Waals surface area contributed by atoms with Crippen molar-refractivity contribution >= 4 is 28.7 Å². The number of fused-ring (bicyclic) bond motifs is 1. The zero-order valence-corrected chi connectivity index (χ0v) is 24.4. The number of rotatable bonds is 11. The lowest BCUT2D eigenvalue weighted by atomic mass is 10.2. The van der Waals surface area contributed by atoms with Gasteiger partial charge in [-0.15, -0.1) is 0 Å². The molecule has 0 aliphatic carbocycles. The Morgan fingerprint density at radius 3 is 1.89 bits per heavy atom. The molecule has 0 spiro atoms. The van der Waals surface area contributed by atoms with Crippen molar-refractivity contribution in [2.75, 3.05) is 0 Å². The number of carboxylic acids is 1. The molecule has 2 amide bonds. The van der Waals surface area contributed by atoms with Crippen LogP contribution in [0.1, 0.15) is 11.1 Å². The fourth-order valence-electron chi connectivity index (χ4n) is 4.48. The Morgan fingerprint density at radius 1 is 0.761 bits per heavy atom. The molecule has 3 atom stereocenters. The molecule has 242 valence electrons. The maximum absolute atomic E-state index is 13.5. The van der Waals surface area contributed by atoms with Crippen molar-refractivity contribution in [3.05, 3.63) is 110 Å². The number of aryl methyl sites for hydroxylation is 2. The Hall–Kier alpha value is -6.11. The Balaban J connectivity index is 1.66. The van der Waals surface area contributed by atoms with Crippen molar-refractivity contribution in [1.29, 1.82) is 0 Å². The van der Waals surface area contributed by atoms with E-state index in [1.165, 1.54) is 38.2 Å². The summed E-state index contributed by atoms with van der Waals surface area (Å²) < 4.78 is 2.43. The summed E-state index contributed by atoms with van der Waals surface area (Å²) >= 11 is 0. The van der Waals surface area contributed by atoms with Crippen molar-refractivity contribution in [1.82, 2.24) is 39.3 Å². The van der Waals surface area contributed by atoms with Crippen LogP contribution in [0.4, 0.5) is 0 Å². The molecule has 3 heterocycles. The first-order chi connectivity index (χ1) is 21.7. The molecule has 19 heteroatoms. The Labute approximate surface area is 255 Å². The number of amides is 2. The Morgan fingerprint density at radius 2 is 1.30 bits per heavy atom. The van der Waals surface area contributed by atoms with E-state index in [1.807, 2.05) is 4.98 Å². The molecule has 0 unspecified atom stereocenters. The highest BCUT2D eigenvalue weighted by atomic mass is 16.4. The van der Waals surface area contributed by atoms with E-state index in [-0.39, 0.29) is 22.0 Å². The van der Waals surface area contributed by atoms with Crippen molar-refractivity contribution in [3.63, 3.8) is 0 Å². The highest BCUT2D eigenvalue weighted by molar-refractivity contribution is 5.91. The van der Waals surface area contributed by atoms with Crippen molar-refractivity contribution < 1.29 is 19.5 Å². The van der Waals surface area contributed by atoms with Crippen LogP contribution in [0, 0.1) is 13.8 Å². The van der Waals surface area contributed by atoms with Crippen LogP contribution in [0.3, 0.4) is 0 Å². The highest BCUT2D eigenvalue weighted by Gasteiger charge is 2.30. The van der Waals surface area contributed by atoms with Crippen molar-refractivity contribution in [2.24, 2.45) is 5.73 Å². The van der Waals surface area contributed by atoms with Gasteiger partial charge in [0, 0.05) is 23.5 Å². The third kappa shape index (κ3) is 7.16. The van der Waals surface area contributed by atoms with E-state index < -0.39 is 89.3 Å². The smallest absolute Gasteiger partial charge is 0.328 e. The summed E-state index contributed by atoms with van der Waals surface area (Å²) in [5.74, 6) is -3.82. The first kappa shape index (κ1) is 32.8. The number of carbonyl (C=O) groups excluding carboxylic acids is 2. The maximum Gasteiger partial charge on any atom is 0.328 e. The maximum atomic E-state index is 13.5. The number of aromatic amines is 3. The van der Waals surface area contributed by atoms with Gasteiger partial charge in [0.05, 0.1) is 30.5 Å². The fourth-order valence-corrected chi connectivity index (χ4v) is 4.48. The summed E-state index contributed by atoms with van der Waals surface area (Å²) in [4.78, 5) is 119. The van der Waals surface area contributed by atoms with Gasteiger partial charge < -0.3 is 26.5 Å². The van der Waals surface area contributed by atoms with Crippen molar-refractivity contribution in [3.8, 4) is 0 Å². The van der Waals surface area contributed by atoms with Gasteiger partial charge in [-0.2, -0.15) is 0 Å². The SMILES string of the molecule is Cc1cn(C[C@@H](N)C(=O)N[C@H](Cn2c(=O)[nH]c3ccccc3c2=O)C(=O)N[C@H](Cn2cc(C)c(=O)[nH]c2=O)C(=O)O)c(=O)[nH]c1=O. The number of aliphatic carboxylic acids is 1. The number of carbonyl (C=O) groups is 3. The van der Waals surface area contributed by atoms with Gasteiger partial charge in [0.2, 0.25) is 11.8 Å². The lowest BCUT2D eigenvalue weighted by Gasteiger charge is -2.24. The number of para-hydroxylation sites is 1. The van der Waals surface area contributed by atoms with Gasteiger partial charge in [0.1, 0.15) is 18.1 Å². The van der Waals surface area contributed by atoms with Crippen LogP contribution < -0.4 is 50.1 Å². The third-order valence-corrected chi connectivity index (χ3v) is 6.99. The minimum atomic E-state index is -1.79. The first-order valence-electron chi connectivity index (χ1n) is 13.6. The number of benzene rings is 1. The molecule has 0 aliphatic rings. The van der Waals surface area contributed by atoms with Gasteiger partial charge in [-0.05, 0) is 26.0 Å². The molecule has 0 aliphatic heterocycles. The quantitative estimate of drug-likeness (QED) is 0.0825. The lowest BCUT2D eigenvalue weighted by molar-refractivity contribution is -0.142. The molecular weight excluding hydrogens is 610 g/mol. The highest BCUT2D eigenvalue weighted by Crippen LogP contribution is 2.04. The normalized spacial score (nSPS) is 13.1. The molecule has 3 aromatic heterocycles. The second kappa shape index (κ2) is 13.3. The molecule has 4 rings (SSSR count). The van der Waals surface area contributed by atoms with Gasteiger partial charge in [0.25, 0.3) is 16.7 Å². The minimum Gasteiger partial charge on any atom is -0.480 e. The van der Waals surface area contributed by atoms with Gasteiger partial charge in [-0.1, -0.05) is 12.1 Å². The van der Waals surface area contributed by atoms with E-state index >= 15 is 0 Å². The molecule has 0 radical (unpaired) electrons. The van der Waals surface area contributed by atoms with Gasteiger partial charge in [0.15, 0.2) is 0 Å². The zero-order chi connectivity index (χ0) is 33.9. The number of nitrogens with one attached hydrogen (secondary N) is 5. The summed E-state index contributed by atoms with van der Waals surface area (Å²) in [6.45, 7) is 0.896. The van der Waals surface area contributed by atoms with E-state index in [1.54, 1.807) is 6.07 Å². The molecule has 4 aromatic rings. The number of nitrogens with zero attached hydrogens (tertiary/aromatic N) is 3. The van der Waals surface area contributed by atoms with E-state index in [2.05, 4.69) is 20.6 Å². The van der Waals surface area contributed by atoms with E-state index in [0.717, 1.165) is 15.3 Å². The average Bonchev–Trinajstić information content (AvgIpc) is 2.99. The van der Waals surface area contributed by atoms with Crippen LogP contribution in [0.15, 0.2) is 65.4 Å². The number of aromatic nitrogens is 6. The molecule has 19 nitrogen and oxygen atoms in total. The predicted octanol–water partition coefficient (Wildman–Crippen LogP) is -4.21. The number of hydrogen-bond donors (Lipinski definition) is 7. The second-order valence-electron chi connectivity index (χ2n) is 10.4. The molecule has 0 saturated heterocycles. The van der Waals surface area contributed by atoms with Crippen LogP contribution in [-0.2, 0) is 34.0 Å². The van der Waals surface area contributed by atoms with Crippen LogP contribution in [-0.4, -0.2) is 69.7 Å². The Bertz CT molecular complexity index is 2210. The third-order valence-electron chi connectivity index (χ3n) is 6.99. The molecule has 46 heavy (non-hydrogen) atoms. The Kier molecular flexibility index (Phi) is 9.45. The number of H-pyrrole nitrogens is 3. The van der Waals surface area contributed by atoms with E-state index in [0.29, 0.717) is 4.57 Å². The number of hydrogen-bond acceptors (Lipinski definition) is 10. The predicted molar refractivity (Wildman–Crippen MR) is 160 cm³/mol. The molecule has 0 saturated carbocycles. The van der Waals surface area contributed by atoms with Crippen LogP contribution in [0.25, 0.3) is 10.9 Å². The molecule has 8 N–H and O–H groups in total. The number of nitrogens with two attached hydrogens (primary N) is 1. The second-order valence-corrected chi connectivity index (χ2v) is 10.4. The average molecular weight is 640 g/mol. The summed E-state index contributed by atoms with van der Waals surface area (Å²) in [5.41, 5.74) is 1.50. The summed E-state index contributed by atoms with van der Waals surface area (Å²) in [6, 6.07) is 0.920. The summed E-state index contributed by atoms with van der Waals surface area (Å²) in [6.07, 6.45) is 2.26. The van der Waals surface area contributed by atoms with Crippen molar-refractivity contribution in [2.45, 2.75) is 51.6 Å². The molecular formula is C27H29N9O10. The van der Waals surface area contributed by atoms with Crippen LogP contribution >= 0.6 is 0 Å². The minimum absolute atomic E-state index is 0.0772. The van der Waals surface area contributed by atoms with E-state index in [9.17, 15) is 48.3 Å². The molecule has 0 bridgehead atoms. The monoisotopic (exact) mass is 639 g/mol. The van der Waals surface area contributed by atoms with E-state index in [4.69, 9.17) is 5.73 Å². The zero-order valence-electron chi connectivity index (χ0n) is 24.4.